The van der Waals surface area contributed by atoms with Crippen LogP contribution in [0.5, 0.6) is 0 Å². The zero-order chi connectivity index (χ0) is 10.7. The van der Waals surface area contributed by atoms with Crippen molar-refractivity contribution in [1.29, 1.82) is 0 Å². The minimum absolute atomic E-state index is 0.600. The van der Waals surface area contributed by atoms with Gasteiger partial charge in [-0.15, -0.1) is 0 Å². The topological polar surface area (TPSA) is 30.0 Å². The molecule has 1 aromatic heterocycles. The first-order valence-corrected chi connectivity index (χ1v) is 5.82. The van der Waals surface area contributed by atoms with Crippen LogP contribution in [0, 0.1) is 6.92 Å². The number of rotatable bonds is 2. The molecule has 1 atom stereocenters. The second-order valence-corrected chi connectivity index (χ2v) is 4.68. The van der Waals surface area contributed by atoms with E-state index in [1.54, 1.807) is 12.3 Å². The lowest BCUT2D eigenvalue weighted by molar-refractivity contribution is 0.680. The molecule has 0 spiro atoms. The van der Waals surface area contributed by atoms with Gasteiger partial charge in [-0.1, -0.05) is 18.2 Å². The standard InChI is InChI=1S/C12H11NOS/c1-10-5-4-6-11(9-10)15(14)12-7-2-3-8-13-12/h2-9H,1H3. The van der Waals surface area contributed by atoms with Crippen molar-refractivity contribution in [3.05, 3.63) is 54.2 Å². The number of pyridine rings is 1. The van der Waals surface area contributed by atoms with Crippen LogP contribution >= 0.6 is 0 Å². The summed E-state index contributed by atoms with van der Waals surface area (Å²) in [7, 11) is -1.17. The van der Waals surface area contributed by atoms with E-state index in [-0.39, 0.29) is 0 Å². The SMILES string of the molecule is Cc1cccc(S(=O)c2ccccn2)c1. The van der Waals surface area contributed by atoms with Gasteiger partial charge < -0.3 is 0 Å². The number of aryl methyl sites for hydroxylation is 1. The molecule has 0 amide bonds. The fraction of sp³-hybridized carbons (Fsp3) is 0.0833. The van der Waals surface area contributed by atoms with E-state index in [0.29, 0.717) is 5.03 Å². The van der Waals surface area contributed by atoms with Gasteiger partial charge in [0.1, 0.15) is 15.8 Å². The minimum atomic E-state index is -1.17. The molecule has 1 unspecified atom stereocenters. The maximum atomic E-state index is 12.0. The maximum absolute atomic E-state index is 12.0. The Bertz CT molecular complexity index is 482. The van der Waals surface area contributed by atoms with Crippen LogP contribution in [0.25, 0.3) is 0 Å². The first kappa shape index (κ1) is 10.1. The zero-order valence-electron chi connectivity index (χ0n) is 8.38. The molecule has 3 heteroatoms. The van der Waals surface area contributed by atoms with E-state index in [1.165, 1.54) is 0 Å². The summed E-state index contributed by atoms with van der Waals surface area (Å²) in [5.74, 6) is 0. The predicted octanol–water partition coefficient (Wildman–Crippen LogP) is 2.56. The fourth-order valence-corrected chi connectivity index (χ4v) is 2.40. The maximum Gasteiger partial charge on any atom is 0.132 e. The van der Waals surface area contributed by atoms with Crippen molar-refractivity contribution in [3.8, 4) is 0 Å². The lowest BCUT2D eigenvalue weighted by Gasteiger charge is -2.01. The lowest BCUT2D eigenvalue weighted by Crippen LogP contribution is -1.95. The second kappa shape index (κ2) is 4.36. The van der Waals surface area contributed by atoms with Gasteiger partial charge in [0.15, 0.2) is 0 Å². The van der Waals surface area contributed by atoms with E-state index in [1.807, 2.05) is 43.3 Å². The van der Waals surface area contributed by atoms with Crippen LogP contribution in [-0.4, -0.2) is 9.19 Å². The summed E-state index contributed by atoms with van der Waals surface area (Å²) in [5.41, 5.74) is 1.11. The third-order valence-corrected chi connectivity index (χ3v) is 3.33. The van der Waals surface area contributed by atoms with Crippen LogP contribution in [0.2, 0.25) is 0 Å². The quantitative estimate of drug-likeness (QED) is 0.773. The number of nitrogens with zero attached hydrogens (tertiary/aromatic N) is 1. The molecule has 2 nitrogen and oxygen atoms in total. The first-order chi connectivity index (χ1) is 7.27. The van der Waals surface area contributed by atoms with Crippen LogP contribution in [0.15, 0.2) is 58.6 Å². The van der Waals surface area contributed by atoms with Crippen molar-refractivity contribution in [2.75, 3.05) is 0 Å². The van der Waals surface area contributed by atoms with Crippen molar-refractivity contribution in [1.82, 2.24) is 4.98 Å². The van der Waals surface area contributed by atoms with E-state index in [9.17, 15) is 4.21 Å². The fourth-order valence-electron chi connectivity index (χ4n) is 1.31. The van der Waals surface area contributed by atoms with Crippen molar-refractivity contribution in [2.24, 2.45) is 0 Å². The van der Waals surface area contributed by atoms with E-state index in [0.717, 1.165) is 10.5 Å². The molecule has 0 N–H and O–H groups in total. The van der Waals surface area contributed by atoms with Gasteiger partial charge in [0.25, 0.3) is 0 Å². The molecule has 0 aliphatic rings. The summed E-state index contributed by atoms with van der Waals surface area (Å²) < 4.78 is 12.0. The van der Waals surface area contributed by atoms with Gasteiger partial charge in [0, 0.05) is 11.1 Å². The van der Waals surface area contributed by atoms with Gasteiger partial charge in [0.05, 0.1) is 0 Å². The van der Waals surface area contributed by atoms with E-state index >= 15 is 0 Å². The molecule has 15 heavy (non-hydrogen) atoms. The lowest BCUT2D eigenvalue weighted by atomic mass is 10.2. The Labute approximate surface area is 91.4 Å². The normalized spacial score (nSPS) is 12.3. The summed E-state index contributed by atoms with van der Waals surface area (Å²) in [6, 6.07) is 13.1. The molecule has 0 fully saturated rings. The molecule has 1 heterocycles. The molecule has 1 aromatic carbocycles. The van der Waals surface area contributed by atoms with Crippen molar-refractivity contribution in [2.45, 2.75) is 16.8 Å². The zero-order valence-corrected chi connectivity index (χ0v) is 9.20. The molecular formula is C12H11NOS. The summed E-state index contributed by atoms with van der Waals surface area (Å²) in [5, 5.41) is 0.600. The molecule has 0 saturated carbocycles. The van der Waals surface area contributed by atoms with Crippen molar-refractivity contribution in [3.63, 3.8) is 0 Å². The van der Waals surface area contributed by atoms with Gasteiger partial charge in [-0.2, -0.15) is 0 Å². The summed E-state index contributed by atoms with van der Waals surface area (Å²) >= 11 is 0. The number of hydrogen-bond acceptors (Lipinski definition) is 2. The highest BCUT2D eigenvalue weighted by molar-refractivity contribution is 7.85. The second-order valence-electron chi connectivity index (χ2n) is 3.25. The molecule has 76 valence electrons. The Kier molecular flexibility index (Phi) is 2.92. The van der Waals surface area contributed by atoms with Gasteiger partial charge >= 0.3 is 0 Å². The minimum Gasteiger partial charge on any atom is -0.247 e. The monoisotopic (exact) mass is 217 g/mol. The van der Waals surface area contributed by atoms with E-state index in [2.05, 4.69) is 4.98 Å². The number of aromatic nitrogens is 1. The van der Waals surface area contributed by atoms with Gasteiger partial charge in [0.2, 0.25) is 0 Å². The van der Waals surface area contributed by atoms with Crippen LogP contribution in [0.4, 0.5) is 0 Å². The highest BCUT2D eigenvalue weighted by Gasteiger charge is 2.07. The van der Waals surface area contributed by atoms with Crippen molar-refractivity contribution < 1.29 is 4.21 Å². The highest BCUT2D eigenvalue weighted by Crippen LogP contribution is 2.14. The van der Waals surface area contributed by atoms with E-state index in [4.69, 9.17) is 0 Å². The smallest absolute Gasteiger partial charge is 0.132 e. The van der Waals surface area contributed by atoms with Gasteiger partial charge in [-0.3, -0.25) is 0 Å². The molecule has 0 radical (unpaired) electrons. The summed E-state index contributed by atoms with van der Waals surface area (Å²) in [6.45, 7) is 1.99. The van der Waals surface area contributed by atoms with Crippen LogP contribution in [-0.2, 0) is 10.8 Å². The molecule has 0 bridgehead atoms. The molecule has 0 saturated heterocycles. The molecule has 2 rings (SSSR count). The molecule has 0 aliphatic carbocycles. The molecule has 0 aliphatic heterocycles. The first-order valence-electron chi connectivity index (χ1n) is 4.67. The Morgan fingerprint density at radius 2 is 2.00 bits per heavy atom. The van der Waals surface area contributed by atoms with E-state index < -0.39 is 10.8 Å². The predicted molar refractivity (Wildman–Crippen MR) is 60.1 cm³/mol. The number of hydrogen-bond donors (Lipinski definition) is 0. The van der Waals surface area contributed by atoms with Crippen LogP contribution in [0.1, 0.15) is 5.56 Å². The molecular weight excluding hydrogens is 206 g/mol. The largest absolute Gasteiger partial charge is 0.247 e. The third-order valence-electron chi connectivity index (χ3n) is 2.03. The van der Waals surface area contributed by atoms with Gasteiger partial charge in [-0.25, -0.2) is 9.19 Å². The average molecular weight is 217 g/mol. The van der Waals surface area contributed by atoms with Gasteiger partial charge in [-0.05, 0) is 36.8 Å². The van der Waals surface area contributed by atoms with Crippen LogP contribution < -0.4 is 0 Å². The highest BCUT2D eigenvalue weighted by atomic mass is 32.2. The molecule has 2 aromatic rings. The summed E-state index contributed by atoms with van der Waals surface area (Å²) in [4.78, 5) is 4.88. The summed E-state index contributed by atoms with van der Waals surface area (Å²) in [6.07, 6.45) is 1.66. The van der Waals surface area contributed by atoms with Crippen molar-refractivity contribution >= 4 is 10.8 Å². The third kappa shape index (κ3) is 2.30. The Morgan fingerprint density at radius 3 is 2.67 bits per heavy atom. The Hall–Kier alpha value is -1.48. The average Bonchev–Trinajstić information content (AvgIpc) is 2.29. The Morgan fingerprint density at radius 1 is 1.13 bits per heavy atom. The number of benzene rings is 1. The Balaban J connectivity index is 2.37. The van der Waals surface area contributed by atoms with Crippen LogP contribution in [0.3, 0.4) is 0 Å².